The molecule has 0 aliphatic heterocycles. The molecule has 0 saturated carbocycles. The van der Waals surface area contributed by atoms with Crippen molar-refractivity contribution in [3.05, 3.63) is 34.6 Å². The third kappa shape index (κ3) is 1.44. The van der Waals surface area contributed by atoms with Crippen LogP contribution in [-0.4, -0.2) is 25.4 Å². The quantitative estimate of drug-likeness (QED) is 0.518. The summed E-state index contributed by atoms with van der Waals surface area (Å²) < 4.78 is 0. The van der Waals surface area contributed by atoms with Gasteiger partial charge >= 0.3 is 0 Å². The number of nitrogens with one attached hydrogen (secondary N) is 2. The summed E-state index contributed by atoms with van der Waals surface area (Å²) in [6, 6.07) is 7.14. The molecule has 2 heterocycles. The predicted molar refractivity (Wildman–Crippen MR) is 62.2 cm³/mol. The summed E-state index contributed by atoms with van der Waals surface area (Å²) in [4.78, 5) is 18.5. The van der Waals surface area contributed by atoms with E-state index in [2.05, 4.69) is 25.4 Å². The second-order valence-electron chi connectivity index (χ2n) is 3.50. The van der Waals surface area contributed by atoms with Crippen LogP contribution in [0, 0.1) is 0 Å². The third-order valence-electron chi connectivity index (χ3n) is 2.41. The Balaban J connectivity index is 2.32. The molecule has 17 heavy (non-hydrogen) atoms. The number of aromatic amines is 2. The fraction of sp³-hybridized carbons (Fsp3) is 0. The molecule has 84 valence electrons. The van der Waals surface area contributed by atoms with Crippen LogP contribution in [0.2, 0.25) is 0 Å². The molecule has 7 nitrogen and oxygen atoms in total. The average Bonchev–Trinajstić information content (AvgIpc) is 2.78. The van der Waals surface area contributed by atoms with Crippen molar-refractivity contribution in [2.45, 2.75) is 0 Å². The Morgan fingerprint density at radius 3 is 2.82 bits per heavy atom. The summed E-state index contributed by atoms with van der Waals surface area (Å²) in [6.07, 6.45) is 0. The van der Waals surface area contributed by atoms with Crippen LogP contribution in [-0.2, 0) is 0 Å². The summed E-state index contributed by atoms with van der Waals surface area (Å²) >= 11 is 0. The number of hydrogen-bond acceptors (Lipinski definition) is 5. The van der Waals surface area contributed by atoms with Gasteiger partial charge in [-0.3, -0.25) is 4.79 Å². The van der Waals surface area contributed by atoms with Crippen LogP contribution >= 0.6 is 0 Å². The topological polar surface area (TPSA) is 113 Å². The lowest BCUT2D eigenvalue weighted by Gasteiger charge is -2.03. The van der Waals surface area contributed by atoms with Crippen molar-refractivity contribution < 1.29 is 0 Å². The van der Waals surface area contributed by atoms with Crippen LogP contribution in [0.15, 0.2) is 29.1 Å². The normalized spacial score (nSPS) is 10.8. The highest BCUT2D eigenvalue weighted by molar-refractivity contribution is 5.75. The number of rotatable bonds is 1. The largest absolute Gasteiger partial charge is 0.398 e. The first-order valence-corrected chi connectivity index (χ1v) is 4.91. The number of anilines is 1. The molecule has 0 unspecified atom stereocenters. The predicted octanol–water partition coefficient (Wildman–Crippen LogP) is 0.290. The van der Waals surface area contributed by atoms with Gasteiger partial charge in [-0.05, 0) is 12.1 Å². The maximum Gasteiger partial charge on any atom is 0.281 e. The Hall–Kier alpha value is -2.70. The third-order valence-corrected chi connectivity index (χ3v) is 2.41. The van der Waals surface area contributed by atoms with E-state index in [0.29, 0.717) is 17.1 Å². The van der Waals surface area contributed by atoms with Crippen LogP contribution in [0.3, 0.4) is 0 Å². The Bertz CT molecular complexity index is 744. The van der Waals surface area contributed by atoms with Crippen molar-refractivity contribution in [3.63, 3.8) is 0 Å². The SMILES string of the molecule is Nc1ccccc1-c1nc2n[nH]nc2c(=O)[nH]1. The van der Waals surface area contributed by atoms with Gasteiger partial charge in [-0.1, -0.05) is 12.1 Å². The first-order chi connectivity index (χ1) is 8.25. The van der Waals surface area contributed by atoms with E-state index in [0.717, 1.165) is 0 Å². The van der Waals surface area contributed by atoms with Crippen molar-refractivity contribution in [2.75, 3.05) is 5.73 Å². The van der Waals surface area contributed by atoms with Crippen molar-refractivity contribution in [2.24, 2.45) is 0 Å². The number of nitrogens with two attached hydrogens (primary N) is 1. The zero-order valence-corrected chi connectivity index (χ0v) is 8.64. The highest BCUT2D eigenvalue weighted by Crippen LogP contribution is 2.21. The lowest BCUT2D eigenvalue weighted by Crippen LogP contribution is -2.10. The highest BCUT2D eigenvalue weighted by atomic mass is 16.1. The second kappa shape index (κ2) is 3.41. The van der Waals surface area contributed by atoms with E-state index in [4.69, 9.17) is 5.73 Å². The molecule has 0 radical (unpaired) electrons. The molecule has 0 bridgehead atoms. The van der Waals surface area contributed by atoms with E-state index in [-0.39, 0.29) is 16.7 Å². The second-order valence-corrected chi connectivity index (χ2v) is 3.50. The van der Waals surface area contributed by atoms with Gasteiger partial charge in [-0.2, -0.15) is 5.21 Å². The maximum absolute atomic E-state index is 11.7. The minimum atomic E-state index is -0.345. The van der Waals surface area contributed by atoms with Gasteiger partial charge in [0.1, 0.15) is 5.82 Å². The summed E-state index contributed by atoms with van der Waals surface area (Å²) in [5.41, 5.74) is 7.13. The van der Waals surface area contributed by atoms with Crippen LogP contribution in [0.4, 0.5) is 5.69 Å². The zero-order chi connectivity index (χ0) is 11.8. The molecule has 2 aromatic heterocycles. The molecular formula is C10H8N6O. The van der Waals surface area contributed by atoms with Gasteiger partial charge in [0.05, 0.1) is 0 Å². The highest BCUT2D eigenvalue weighted by Gasteiger charge is 2.10. The maximum atomic E-state index is 11.7. The molecule has 0 spiro atoms. The van der Waals surface area contributed by atoms with Gasteiger partial charge in [0, 0.05) is 11.3 Å². The van der Waals surface area contributed by atoms with E-state index in [9.17, 15) is 4.79 Å². The lowest BCUT2D eigenvalue weighted by molar-refractivity contribution is 0.954. The number of aromatic nitrogens is 5. The van der Waals surface area contributed by atoms with E-state index in [1.54, 1.807) is 12.1 Å². The van der Waals surface area contributed by atoms with Crippen molar-refractivity contribution in [1.82, 2.24) is 25.4 Å². The number of benzene rings is 1. The van der Waals surface area contributed by atoms with E-state index < -0.39 is 0 Å². The monoisotopic (exact) mass is 228 g/mol. The minimum Gasteiger partial charge on any atom is -0.398 e. The molecule has 7 heteroatoms. The van der Waals surface area contributed by atoms with E-state index in [1.807, 2.05) is 12.1 Å². The van der Waals surface area contributed by atoms with E-state index in [1.165, 1.54) is 0 Å². The fourth-order valence-electron chi connectivity index (χ4n) is 1.60. The van der Waals surface area contributed by atoms with Crippen LogP contribution in [0.25, 0.3) is 22.6 Å². The first-order valence-electron chi connectivity index (χ1n) is 4.91. The van der Waals surface area contributed by atoms with Crippen molar-refractivity contribution >= 4 is 16.9 Å². The Morgan fingerprint density at radius 1 is 1.18 bits per heavy atom. The summed E-state index contributed by atoms with van der Waals surface area (Å²) in [5, 5.41) is 9.85. The summed E-state index contributed by atoms with van der Waals surface area (Å²) in [6.45, 7) is 0. The molecule has 0 amide bonds. The zero-order valence-electron chi connectivity index (χ0n) is 8.64. The molecule has 3 rings (SSSR count). The average molecular weight is 228 g/mol. The number of nitrogens with zero attached hydrogens (tertiary/aromatic N) is 3. The van der Waals surface area contributed by atoms with Gasteiger partial charge in [0.25, 0.3) is 5.56 Å². The number of para-hydroxylation sites is 1. The van der Waals surface area contributed by atoms with Gasteiger partial charge in [0.15, 0.2) is 5.52 Å². The Morgan fingerprint density at radius 2 is 2.00 bits per heavy atom. The molecule has 0 aliphatic rings. The van der Waals surface area contributed by atoms with Gasteiger partial charge in [0.2, 0.25) is 5.65 Å². The van der Waals surface area contributed by atoms with E-state index >= 15 is 0 Å². The molecule has 3 aromatic rings. The Labute approximate surface area is 94.7 Å². The van der Waals surface area contributed by atoms with Crippen molar-refractivity contribution in [1.29, 1.82) is 0 Å². The molecule has 0 saturated heterocycles. The fourth-order valence-corrected chi connectivity index (χ4v) is 1.60. The van der Waals surface area contributed by atoms with Gasteiger partial charge < -0.3 is 10.7 Å². The Kier molecular flexibility index (Phi) is 1.91. The first kappa shape index (κ1) is 9.52. The van der Waals surface area contributed by atoms with Gasteiger partial charge in [-0.25, -0.2) is 4.98 Å². The molecule has 4 N–H and O–H groups in total. The standard InChI is InChI=1S/C10H8N6O/c11-6-4-2-1-3-5(6)8-12-9-7(10(17)13-8)14-16-15-9/h1-4H,11H2,(H2,12,13,14,15,16,17). The summed E-state index contributed by atoms with van der Waals surface area (Å²) in [7, 11) is 0. The van der Waals surface area contributed by atoms with Crippen LogP contribution < -0.4 is 11.3 Å². The number of hydrogen-bond donors (Lipinski definition) is 3. The van der Waals surface area contributed by atoms with Crippen molar-refractivity contribution in [3.8, 4) is 11.4 Å². The molecule has 0 atom stereocenters. The lowest BCUT2D eigenvalue weighted by atomic mass is 10.1. The van der Waals surface area contributed by atoms with Crippen LogP contribution in [0.1, 0.15) is 0 Å². The number of nitrogen functional groups attached to an aromatic ring is 1. The number of fused-ring (bicyclic) bond motifs is 1. The van der Waals surface area contributed by atoms with Crippen LogP contribution in [0.5, 0.6) is 0 Å². The molecule has 0 fully saturated rings. The smallest absolute Gasteiger partial charge is 0.281 e. The van der Waals surface area contributed by atoms with Gasteiger partial charge in [-0.15, -0.1) is 10.2 Å². The molecular weight excluding hydrogens is 220 g/mol. The number of H-pyrrole nitrogens is 2. The molecule has 0 aliphatic carbocycles. The minimum absolute atomic E-state index is 0.184. The summed E-state index contributed by atoms with van der Waals surface area (Å²) in [5.74, 6) is 0.384. The molecule has 1 aromatic carbocycles.